The summed E-state index contributed by atoms with van der Waals surface area (Å²) in [7, 11) is 0. The second-order valence-corrected chi connectivity index (χ2v) is 5.12. The van der Waals surface area contributed by atoms with Crippen molar-refractivity contribution in [2.24, 2.45) is 0 Å². The van der Waals surface area contributed by atoms with Crippen LogP contribution >= 0.6 is 15.9 Å². The highest BCUT2D eigenvalue weighted by molar-refractivity contribution is 9.10. The Hall–Kier alpha value is -2.06. The molecule has 0 saturated heterocycles. The number of benzene rings is 2. The van der Waals surface area contributed by atoms with Crippen LogP contribution in [0.15, 0.2) is 46.9 Å². The Bertz CT molecular complexity index is 668. The Morgan fingerprint density at radius 1 is 1.24 bits per heavy atom. The minimum atomic E-state index is -2.85. The van der Waals surface area contributed by atoms with E-state index in [0.29, 0.717) is 12.1 Å². The molecular weight excluding hydrogens is 340 g/mol. The maximum absolute atomic E-state index is 12.4. The van der Waals surface area contributed by atoms with Gasteiger partial charge in [0.1, 0.15) is 5.75 Å². The van der Waals surface area contributed by atoms with Crippen LogP contribution in [-0.2, 0) is 6.54 Å². The van der Waals surface area contributed by atoms with E-state index in [4.69, 9.17) is 6.42 Å². The molecule has 2 nitrogen and oxygen atoms in total. The highest BCUT2D eigenvalue weighted by Crippen LogP contribution is 2.25. The molecule has 2 aromatic carbocycles. The van der Waals surface area contributed by atoms with E-state index in [0.717, 1.165) is 15.7 Å². The summed E-state index contributed by atoms with van der Waals surface area (Å²) < 4.78 is 30.1. The van der Waals surface area contributed by atoms with E-state index in [2.05, 4.69) is 31.9 Å². The fourth-order valence-corrected chi connectivity index (χ4v) is 2.22. The number of rotatable bonds is 5. The monoisotopic (exact) mass is 351 g/mol. The summed E-state index contributed by atoms with van der Waals surface area (Å²) in [5.41, 5.74) is 2.18. The van der Waals surface area contributed by atoms with E-state index in [1.807, 2.05) is 24.3 Å². The molecule has 0 aliphatic rings. The average Bonchev–Trinajstić information content (AvgIpc) is 2.47. The van der Waals surface area contributed by atoms with Crippen molar-refractivity contribution in [3.63, 3.8) is 0 Å². The maximum atomic E-state index is 12.4. The zero-order chi connectivity index (χ0) is 15.2. The van der Waals surface area contributed by atoms with Crippen molar-refractivity contribution in [3.8, 4) is 18.1 Å². The molecular formula is C16H12BrF2NO. The van der Waals surface area contributed by atoms with Gasteiger partial charge in [-0.1, -0.05) is 27.9 Å². The standard InChI is InChI=1S/C16H12BrF2NO/c1-2-11-4-3-5-14(8-11)20-10-12-9-13(17)6-7-15(12)21-16(18)19/h1,3-9,16,20H,10H2. The van der Waals surface area contributed by atoms with Gasteiger partial charge in [0.15, 0.2) is 0 Å². The van der Waals surface area contributed by atoms with Gasteiger partial charge in [0.25, 0.3) is 0 Å². The molecule has 0 heterocycles. The highest BCUT2D eigenvalue weighted by atomic mass is 79.9. The lowest BCUT2D eigenvalue weighted by molar-refractivity contribution is -0.0504. The van der Waals surface area contributed by atoms with Crippen LogP contribution in [-0.4, -0.2) is 6.61 Å². The topological polar surface area (TPSA) is 21.3 Å². The summed E-state index contributed by atoms with van der Waals surface area (Å²) in [4.78, 5) is 0. The molecule has 2 rings (SSSR count). The minimum Gasteiger partial charge on any atom is -0.434 e. The lowest BCUT2D eigenvalue weighted by Crippen LogP contribution is -2.07. The molecule has 0 fully saturated rings. The molecule has 5 heteroatoms. The van der Waals surface area contributed by atoms with E-state index in [1.165, 1.54) is 6.07 Å². The van der Waals surface area contributed by atoms with Gasteiger partial charge < -0.3 is 10.1 Å². The number of hydrogen-bond donors (Lipinski definition) is 1. The lowest BCUT2D eigenvalue weighted by Gasteiger charge is -2.13. The minimum absolute atomic E-state index is 0.147. The Morgan fingerprint density at radius 3 is 2.76 bits per heavy atom. The molecule has 108 valence electrons. The predicted octanol–water partition coefficient (Wildman–Crippen LogP) is 4.64. The zero-order valence-corrected chi connectivity index (χ0v) is 12.5. The van der Waals surface area contributed by atoms with E-state index in [9.17, 15) is 8.78 Å². The average molecular weight is 352 g/mol. The second kappa shape index (κ2) is 7.09. The second-order valence-electron chi connectivity index (χ2n) is 4.21. The third-order valence-corrected chi connectivity index (χ3v) is 3.24. The van der Waals surface area contributed by atoms with Gasteiger partial charge >= 0.3 is 6.61 Å². The third-order valence-electron chi connectivity index (χ3n) is 2.75. The Labute approximate surface area is 130 Å². The SMILES string of the molecule is C#Cc1cccc(NCc2cc(Br)ccc2OC(F)F)c1. The van der Waals surface area contributed by atoms with Crippen molar-refractivity contribution < 1.29 is 13.5 Å². The van der Waals surface area contributed by atoms with Crippen LogP contribution in [0, 0.1) is 12.3 Å². The molecule has 1 N–H and O–H groups in total. The number of ether oxygens (including phenoxy) is 1. The summed E-state index contributed by atoms with van der Waals surface area (Å²) in [5.74, 6) is 2.69. The number of nitrogens with one attached hydrogen (secondary N) is 1. The molecule has 0 unspecified atom stereocenters. The van der Waals surface area contributed by atoms with Crippen LogP contribution in [0.2, 0.25) is 0 Å². The summed E-state index contributed by atoms with van der Waals surface area (Å²) in [6.45, 7) is -2.51. The molecule has 0 saturated carbocycles. The van der Waals surface area contributed by atoms with Crippen molar-refractivity contribution in [2.45, 2.75) is 13.2 Å². The first-order valence-corrected chi connectivity index (χ1v) is 6.91. The van der Waals surface area contributed by atoms with Gasteiger partial charge in [-0.25, -0.2) is 0 Å². The van der Waals surface area contributed by atoms with Crippen LogP contribution in [0.5, 0.6) is 5.75 Å². The van der Waals surface area contributed by atoms with Crippen LogP contribution < -0.4 is 10.1 Å². The molecule has 0 aliphatic carbocycles. The van der Waals surface area contributed by atoms with E-state index in [1.54, 1.807) is 12.1 Å². The molecule has 0 amide bonds. The summed E-state index contributed by atoms with van der Waals surface area (Å²) in [5, 5.41) is 3.14. The van der Waals surface area contributed by atoms with E-state index >= 15 is 0 Å². The molecule has 21 heavy (non-hydrogen) atoms. The van der Waals surface area contributed by atoms with Crippen molar-refractivity contribution in [1.29, 1.82) is 0 Å². The number of anilines is 1. The third kappa shape index (κ3) is 4.47. The number of halogens is 3. The smallest absolute Gasteiger partial charge is 0.387 e. The normalized spacial score (nSPS) is 10.2. The van der Waals surface area contributed by atoms with Gasteiger partial charge in [0.05, 0.1) is 0 Å². The van der Waals surface area contributed by atoms with Gasteiger partial charge in [-0.3, -0.25) is 0 Å². The first kappa shape index (κ1) is 15.3. The molecule has 0 atom stereocenters. The van der Waals surface area contributed by atoms with Gasteiger partial charge in [0, 0.05) is 27.8 Å². The van der Waals surface area contributed by atoms with Crippen molar-refractivity contribution in [3.05, 3.63) is 58.1 Å². The van der Waals surface area contributed by atoms with Crippen LogP contribution in [0.3, 0.4) is 0 Å². The summed E-state index contributed by atoms with van der Waals surface area (Å²) in [6, 6.07) is 12.2. The fourth-order valence-electron chi connectivity index (χ4n) is 1.81. The van der Waals surface area contributed by atoms with Gasteiger partial charge in [0.2, 0.25) is 0 Å². The Balaban J connectivity index is 2.15. The molecule has 2 aromatic rings. The predicted molar refractivity (Wildman–Crippen MR) is 82.5 cm³/mol. The summed E-state index contributed by atoms with van der Waals surface area (Å²) >= 11 is 3.31. The summed E-state index contributed by atoms with van der Waals surface area (Å²) in [6.07, 6.45) is 5.34. The van der Waals surface area contributed by atoms with Gasteiger partial charge in [-0.2, -0.15) is 8.78 Å². The van der Waals surface area contributed by atoms with E-state index < -0.39 is 6.61 Å². The Kier molecular flexibility index (Phi) is 5.18. The molecule has 0 aliphatic heterocycles. The van der Waals surface area contributed by atoms with Crippen molar-refractivity contribution in [2.75, 3.05) is 5.32 Å². The fraction of sp³-hybridized carbons (Fsp3) is 0.125. The number of terminal acetylenes is 1. The molecule has 0 radical (unpaired) electrons. The first-order chi connectivity index (χ1) is 10.1. The quantitative estimate of drug-likeness (QED) is 0.792. The Morgan fingerprint density at radius 2 is 2.05 bits per heavy atom. The van der Waals surface area contributed by atoms with Crippen LogP contribution in [0.1, 0.15) is 11.1 Å². The zero-order valence-electron chi connectivity index (χ0n) is 10.9. The molecule has 0 bridgehead atoms. The highest BCUT2D eigenvalue weighted by Gasteiger charge is 2.10. The largest absolute Gasteiger partial charge is 0.434 e. The van der Waals surface area contributed by atoms with Gasteiger partial charge in [-0.05, 0) is 36.4 Å². The molecule has 0 spiro atoms. The van der Waals surface area contributed by atoms with Crippen molar-refractivity contribution in [1.82, 2.24) is 0 Å². The van der Waals surface area contributed by atoms with Crippen LogP contribution in [0.4, 0.5) is 14.5 Å². The van der Waals surface area contributed by atoms with Crippen molar-refractivity contribution >= 4 is 21.6 Å². The van der Waals surface area contributed by atoms with E-state index in [-0.39, 0.29) is 5.75 Å². The van der Waals surface area contributed by atoms with Gasteiger partial charge in [-0.15, -0.1) is 6.42 Å². The number of alkyl halides is 2. The molecule has 0 aromatic heterocycles. The van der Waals surface area contributed by atoms with Crippen LogP contribution in [0.25, 0.3) is 0 Å². The lowest BCUT2D eigenvalue weighted by atomic mass is 10.1. The maximum Gasteiger partial charge on any atom is 0.387 e. The number of hydrogen-bond acceptors (Lipinski definition) is 2. The first-order valence-electron chi connectivity index (χ1n) is 6.12.